The van der Waals surface area contributed by atoms with Crippen molar-refractivity contribution in [1.29, 1.82) is 0 Å². The number of nitrogens with zero attached hydrogens (tertiary/aromatic N) is 3. The summed E-state index contributed by atoms with van der Waals surface area (Å²) in [6.45, 7) is 1.84. The molecule has 1 aliphatic carbocycles. The van der Waals surface area contributed by atoms with Crippen molar-refractivity contribution in [2.24, 2.45) is 0 Å². The molecule has 6 heteroatoms. The first-order valence-corrected chi connectivity index (χ1v) is 11.0. The fourth-order valence-corrected chi connectivity index (χ4v) is 4.40. The van der Waals surface area contributed by atoms with E-state index in [-0.39, 0.29) is 11.8 Å². The summed E-state index contributed by atoms with van der Waals surface area (Å²) < 4.78 is 1.95. The maximum absolute atomic E-state index is 13.0. The van der Waals surface area contributed by atoms with E-state index in [1.54, 1.807) is 0 Å². The molecule has 0 saturated carbocycles. The van der Waals surface area contributed by atoms with Gasteiger partial charge in [0, 0.05) is 37.3 Å². The lowest BCUT2D eigenvalue weighted by atomic mass is 10.1. The minimum atomic E-state index is -0.125. The van der Waals surface area contributed by atoms with Crippen LogP contribution in [0.5, 0.6) is 0 Å². The van der Waals surface area contributed by atoms with Crippen molar-refractivity contribution in [2.75, 3.05) is 19.6 Å². The average Bonchev–Trinajstić information content (AvgIpc) is 2.88. The van der Waals surface area contributed by atoms with Crippen LogP contribution in [-0.4, -0.2) is 46.1 Å². The van der Waals surface area contributed by atoms with Gasteiger partial charge in [-0.15, -0.1) is 0 Å². The molecule has 1 fully saturated rings. The van der Waals surface area contributed by atoms with E-state index in [0.717, 1.165) is 62.7 Å². The van der Waals surface area contributed by atoms with Crippen molar-refractivity contribution in [3.05, 3.63) is 47.3 Å². The molecule has 4 rings (SSSR count). The fourth-order valence-electron chi connectivity index (χ4n) is 4.40. The number of hydrogen-bond donors (Lipinski definition) is 1. The van der Waals surface area contributed by atoms with Gasteiger partial charge in [-0.2, -0.15) is 5.10 Å². The van der Waals surface area contributed by atoms with Crippen molar-refractivity contribution in [3.63, 3.8) is 0 Å². The number of nitrogens with one attached hydrogen (secondary N) is 1. The number of aromatic nitrogens is 2. The molecule has 154 valence electrons. The number of benzene rings is 1. The van der Waals surface area contributed by atoms with Gasteiger partial charge in [-0.3, -0.25) is 9.59 Å². The van der Waals surface area contributed by atoms with E-state index < -0.39 is 0 Å². The molecule has 0 atom stereocenters. The third-order valence-corrected chi connectivity index (χ3v) is 5.98. The summed E-state index contributed by atoms with van der Waals surface area (Å²) >= 11 is 0. The van der Waals surface area contributed by atoms with Crippen LogP contribution in [0.3, 0.4) is 0 Å². The molecule has 1 aromatic carbocycles. The summed E-state index contributed by atoms with van der Waals surface area (Å²) in [6, 6.07) is 10.1. The third kappa shape index (κ3) is 4.52. The van der Waals surface area contributed by atoms with Gasteiger partial charge in [0.15, 0.2) is 5.69 Å². The molecule has 1 saturated heterocycles. The van der Waals surface area contributed by atoms with Crippen LogP contribution in [0.25, 0.3) is 5.69 Å². The predicted molar refractivity (Wildman–Crippen MR) is 112 cm³/mol. The summed E-state index contributed by atoms with van der Waals surface area (Å²) in [6.07, 6.45) is 9.02. The second-order valence-corrected chi connectivity index (χ2v) is 8.03. The van der Waals surface area contributed by atoms with Crippen molar-refractivity contribution in [2.45, 2.75) is 57.8 Å². The van der Waals surface area contributed by atoms with Crippen molar-refractivity contribution in [3.8, 4) is 5.69 Å². The second-order valence-electron chi connectivity index (χ2n) is 8.03. The number of likely N-dealkylation sites (tertiary alicyclic amines) is 1. The van der Waals surface area contributed by atoms with Crippen LogP contribution in [0.2, 0.25) is 0 Å². The van der Waals surface area contributed by atoms with E-state index in [1.807, 2.05) is 39.9 Å². The molecular formula is C23H30N4O2. The molecule has 2 heterocycles. The number of amides is 2. The fraction of sp³-hybridized carbons (Fsp3) is 0.522. The molecule has 1 N–H and O–H groups in total. The molecule has 2 aromatic rings. The molecule has 2 amide bonds. The SMILES string of the molecule is O=C(NCCN1CCCCCC1=O)c1nn(-c2ccccc2)c2c1CCCCC2. The highest BCUT2D eigenvalue weighted by Gasteiger charge is 2.25. The molecule has 2 aliphatic rings. The van der Waals surface area contributed by atoms with Crippen LogP contribution in [0, 0.1) is 0 Å². The molecule has 0 radical (unpaired) electrons. The van der Waals surface area contributed by atoms with Gasteiger partial charge in [0.25, 0.3) is 5.91 Å². The Morgan fingerprint density at radius 2 is 1.72 bits per heavy atom. The van der Waals surface area contributed by atoms with E-state index in [4.69, 9.17) is 5.10 Å². The molecule has 1 aromatic heterocycles. The zero-order chi connectivity index (χ0) is 20.1. The number of para-hydroxylation sites is 1. The lowest BCUT2D eigenvalue weighted by molar-refractivity contribution is -0.130. The third-order valence-electron chi connectivity index (χ3n) is 5.98. The molecule has 6 nitrogen and oxygen atoms in total. The van der Waals surface area contributed by atoms with Gasteiger partial charge in [0.1, 0.15) is 0 Å². The Morgan fingerprint density at radius 1 is 0.966 bits per heavy atom. The van der Waals surface area contributed by atoms with Gasteiger partial charge < -0.3 is 10.2 Å². The van der Waals surface area contributed by atoms with Gasteiger partial charge in [0.2, 0.25) is 5.91 Å². The first kappa shape index (κ1) is 19.7. The van der Waals surface area contributed by atoms with E-state index >= 15 is 0 Å². The zero-order valence-electron chi connectivity index (χ0n) is 17.0. The van der Waals surface area contributed by atoms with Crippen molar-refractivity contribution >= 4 is 11.8 Å². The van der Waals surface area contributed by atoms with Gasteiger partial charge in [-0.1, -0.05) is 31.0 Å². The van der Waals surface area contributed by atoms with Gasteiger partial charge in [0.05, 0.1) is 5.69 Å². The lowest BCUT2D eigenvalue weighted by Crippen LogP contribution is -2.38. The summed E-state index contributed by atoms with van der Waals surface area (Å²) in [5, 5.41) is 7.74. The minimum Gasteiger partial charge on any atom is -0.349 e. The highest BCUT2D eigenvalue weighted by molar-refractivity contribution is 5.94. The topological polar surface area (TPSA) is 67.2 Å². The summed E-state index contributed by atoms with van der Waals surface area (Å²) in [4.78, 5) is 27.0. The van der Waals surface area contributed by atoms with Crippen LogP contribution in [0.15, 0.2) is 30.3 Å². The first-order valence-electron chi connectivity index (χ1n) is 11.0. The van der Waals surface area contributed by atoms with Crippen LogP contribution < -0.4 is 5.32 Å². The minimum absolute atomic E-state index is 0.125. The summed E-state index contributed by atoms with van der Waals surface area (Å²) in [5.74, 6) is 0.0825. The molecular weight excluding hydrogens is 364 g/mol. The van der Waals surface area contributed by atoms with Crippen LogP contribution >= 0.6 is 0 Å². The van der Waals surface area contributed by atoms with Crippen LogP contribution in [0.4, 0.5) is 0 Å². The smallest absolute Gasteiger partial charge is 0.272 e. The molecule has 0 unspecified atom stereocenters. The molecule has 0 bridgehead atoms. The normalized spacial score (nSPS) is 17.4. The van der Waals surface area contributed by atoms with Crippen molar-refractivity contribution in [1.82, 2.24) is 20.0 Å². The monoisotopic (exact) mass is 394 g/mol. The Kier molecular flexibility index (Phi) is 6.27. The second kappa shape index (κ2) is 9.25. The average molecular weight is 395 g/mol. The number of fused-ring (bicyclic) bond motifs is 1. The van der Waals surface area contributed by atoms with Crippen LogP contribution in [0.1, 0.15) is 66.7 Å². The van der Waals surface area contributed by atoms with E-state index in [2.05, 4.69) is 5.32 Å². The Hall–Kier alpha value is -2.63. The predicted octanol–water partition coefficient (Wildman–Crippen LogP) is 3.27. The zero-order valence-corrected chi connectivity index (χ0v) is 17.0. The standard InChI is InChI=1S/C23H30N4O2/c28-21-14-8-3-9-16-26(21)17-15-24-23(29)22-19-12-6-2-7-13-20(19)27(25-22)18-10-4-1-5-11-18/h1,4-5,10-11H,2-3,6-9,12-17H2,(H,24,29). The number of carbonyl (C=O) groups excluding carboxylic acids is 2. The molecule has 1 aliphatic heterocycles. The highest BCUT2D eigenvalue weighted by atomic mass is 16.2. The maximum Gasteiger partial charge on any atom is 0.272 e. The Labute approximate surface area is 172 Å². The van der Waals surface area contributed by atoms with Crippen molar-refractivity contribution < 1.29 is 9.59 Å². The Bertz CT molecular complexity index is 859. The quantitative estimate of drug-likeness (QED) is 0.792. The largest absolute Gasteiger partial charge is 0.349 e. The molecule has 29 heavy (non-hydrogen) atoms. The van der Waals surface area contributed by atoms with Gasteiger partial charge in [-0.25, -0.2) is 4.68 Å². The van der Waals surface area contributed by atoms with Gasteiger partial charge >= 0.3 is 0 Å². The number of hydrogen-bond acceptors (Lipinski definition) is 3. The molecule has 0 spiro atoms. The maximum atomic E-state index is 13.0. The Morgan fingerprint density at radius 3 is 2.59 bits per heavy atom. The lowest BCUT2D eigenvalue weighted by Gasteiger charge is -2.20. The van der Waals surface area contributed by atoms with Crippen LogP contribution in [-0.2, 0) is 17.6 Å². The number of rotatable bonds is 5. The Balaban J connectivity index is 1.49. The number of carbonyl (C=O) groups is 2. The van der Waals surface area contributed by atoms with E-state index in [9.17, 15) is 9.59 Å². The van der Waals surface area contributed by atoms with Gasteiger partial charge in [-0.05, 0) is 50.7 Å². The highest BCUT2D eigenvalue weighted by Crippen LogP contribution is 2.26. The van der Waals surface area contributed by atoms with E-state index in [0.29, 0.717) is 25.2 Å². The summed E-state index contributed by atoms with van der Waals surface area (Å²) in [7, 11) is 0. The summed E-state index contributed by atoms with van der Waals surface area (Å²) in [5.41, 5.74) is 3.81. The van der Waals surface area contributed by atoms with E-state index in [1.165, 1.54) is 12.1 Å². The first-order chi connectivity index (χ1) is 14.2.